The Hall–Kier alpha value is -4.31. The number of hydrogen-bond donors (Lipinski definition) is 4. The summed E-state index contributed by atoms with van der Waals surface area (Å²) in [6, 6.07) is 0. The Morgan fingerprint density at radius 3 is 0.921 bits per heavy atom. The summed E-state index contributed by atoms with van der Waals surface area (Å²) in [5.41, 5.74) is 0. The number of allylic oxidation sites excluding steroid dienone is 22. The van der Waals surface area contributed by atoms with Gasteiger partial charge in [0.15, 0.2) is 6.10 Å². The van der Waals surface area contributed by atoms with Crippen LogP contribution in [0.2, 0.25) is 0 Å². The monoisotopic (exact) mass is 1460 g/mol. The molecule has 0 spiro atoms. The van der Waals surface area contributed by atoms with Gasteiger partial charge in [-0.15, -0.1) is 0 Å². The van der Waals surface area contributed by atoms with Crippen LogP contribution in [0.5, 0.6) is 0 Å². The molecule has 0 bridgehead atoms. The van der Waals surface area contributed by atoms with Crippen LogP contribution in [0.25, 0.3) is 0 Å². The van der Waals surface area contributed by atoms with Crippen molar-refractivity contribution in [3.8, 4) is 0 Å². The number of aliphatic hydroxyl groups excluding tert-OH is 2. The fourth-order valence-electron chi connectivity index (χ4n) is 10.3. The van der Waals surface area contributed by atoms with Crippen molar-refractivity contribution in [1.82, 2.24) is 0 Å². The molecule has 18 heteroatoms. The van der Waals surface area contributed by atoms with E-state index in [1.807, 2.05) is 18.2 Å². The van der Waals surface area contributed by atoms with Crippen LogP contribution < -0.4 is 0 Å². The van der Waals surface area contributed by atoms with Crippen LogP contribution in [-0.2, 0) is 55.8 Å². The summed E-state index contributed by atoms with van der Waals surface area (Å²) in [5.74, 6) is -1.68. The molecule has 101 heavy (non-hydrogen) atoms. The van der Waals surface area contributed by atoms with Gasteiger partial charge in [-0.05, 0) is 128 Å². The Bertz CT molecular complexity index is 2370. The van der Waals surface area contributed by atoms with Crippen molar-refractivity contribution in [2.75, 3.05) is 39.6 Å². The molecule has 0 rings (SSSR count). The lowest BCUT2D eigenvalue weighted by molar-refractivity contribution is -0.161. The summed E-state index contributed by atoms with van der Waals surface area (Å²) in [6.07, 6.45) is 91.0. The van der Waals surface area contributed by atoms with Gasteiger partial charge in [0.2, 0.25) is 0 Å². The van der Waals surface area contributed by atoms with Crippen molar-refractivity contribution in [3.05, 3.63) is 134 Å². The zero-order valence-electron chi connectivity index (χ0n) is 63.3. The maximum atomic E-state index is 12.9. The molecule has 0 saturated carbocycles. The first-order valence-electron chi connectivity index (χ1n) is 39.5. The zero-order valence-corrected chi connectivity index (χ0v) is 65.1. The number of unbranched alkanes of at least 4 members (excludes halogenated alkanes) is 29. The van der Waals surface area contributed by atoms with Crippen LogP contribution in [0.15, 0.2) is 134 Å². The minimum absolute atomic E-state index is 0.0413. The predicted octanol–water partition coefficient (Wildman–Crippen LogP) is 23.1. The average Bonchev–Trinajstić information content (AvgIpc) is 1.14. The molecular formula is C83H142O16P2. The average molecular weight is 1460 g/mol. The second-order valence-electron chi connectivity index (χ2n) is 26.1. The van der Waals surface area contributed by atoms with Gasteiger partial charge >= 0.3 is 33.6 Å². The Morgan fingerprint density at radius 1 is 0.287 bits per heavy atom. The topological polar surface area (TPSA) is 231 Å². The Balaban J connectivity index is 4.53. The Morgan fingerprint density at radius 2 is 0.545 bits per heavy atom. The van der Waals surface area contributed by atoms with E-state index >= 15 is 0 Å². The maximum absolute atomic E-state index is 12.9. The number of ether oxygens (including phenoxy) is 3. The quantitative estimate of drug-likeness (QED) is 0.0146. The van der Waals surface area contributed by atoms with Crippen LogP contribution in [0.3, 0.4) is 0 Å². The van der Waals surface area contributed by atoms with Gasteiger partial charge in [-0.1, -0.05) is 302 Å². The van der Waals surface area contributed by atoms with Crippen molar-refractivity contribution in [2.24, 2.45) is 0 Å². The van der Waals surface area contributed by atoms with Gasteiger partial charge in [0.05, 0.1) is 26.4 Å². The van der Waals surface area contributed by atoms with Gasteiger partial charge < -0.3 is 34.2 Å². The molecule has 0 radical (unpaired) electrons. The molecule has 16 nitrogen and oxygen atoms in total. The lowest BCUT2D eigenvalue weighted by Crippen LogP contribution is -2.30. The summed E-state index contributed by atoms with van der Waals surface area (Å²) in [5, 5.41) is 20.6. The van der Waals surface area contributed by atoms with Crippen molar-refractivity contribution in [2.45, 2.75) is 334 Å². The number of phosphoric acid groups is 2. The van der Waals surface area contributed by atoms with Gasteiger partial charge in [0.1, 0.15) is 25.4 Å². The molecule has 0 aliphatic rings. The molecule has 0 aliphatic carbocycles. The van der Waals surface area contributed by atoms with Gasteiger partial charge in [-0.25, -0.2) is 9.13 Å². The highest BCUT2D eigenvalue weighted by Gasteiger charge is 2.29. The second-order valence-corrected chi connectivity index (χ2v) is 29.0. The third-order valence-corrected chi connectivity index (χ3v) is 18.2. The number of carbonyl (C=O) groups excluding carboxylic acids is 3. The third kappa shape index (κ3) is 76.6. The molecule has 5 unspecified atom stereocenters. The molecule has 0 aliphatic heterocycles. The van der Waals surface area contributed by atoms with E-state index in [0.717, 1.165) is 109 Å². The molecule has 0 saturated heterocycles. The van der Waals surface area contributed by atoms with Crippen molar-refractivity contribution in [1.29, 1.82) is 0 Å². The third-order valence-electron chi connectivity index (χ3n) is 16.3. The van der Waals surface area contributed by atoms with Crippen LogP contribution in [-0.4, -0.2) is 95.9 Å². The molecule has 0 aromatic carbocycles. The Labute approximate surface area is 614 Å². The largest absolute Gasteiger partial charge is 0.472 e. The molecule has 0 aromatic rings. The minimum atomic E-state index is -4.95. The first kappa shape index (κ1) is 96.7. The minimum Gasteiger partial charge on any atom is -0.463 e. The van der Waals surface area contributed by atoms with E-state index in [2.05, 4.69) is 136 Å². The van der Waals surface area contributed by atoms with E-state index in [-0.39, 0.29) is 19.3 Å². The molecule has 0 amide bonds. The van der Waals surface area contributed by atoms with Crippen molar-refractivity contribution in [3.63, 3.8) is 0 Å². The Kier molecular flexibility index (Phi) is 72.2. The maximum Gasteiger partial charge on any atom is 0.472 e. The molecule has 5 atom stereocenters. The van der Waals surface area contributed by atoms with Gasteiger partial charge in [-0.3, -0.25) is 32.5 Å². The lowest BCUT2D eigenvalue weighted by atomic mass is 10.0. The highest BCUT2D eigenvalue weighted by molar-refractivity contribution is 7.47. The van der Waals surface area contributed by atoms with Crippen LogP contribution >= 0.6 is 15.6 Å². The molecule has 4 N–H and O–H groups in total. The van der Waals surface area contributed by atoms with E-state index in [1.165, 1.54) is 141 Å². The number of phosphoric ester groups is 2. The first-order chi connectivity index (χ1) is 49.2. The normalized spacial score (nSPS) is 14.7. The van der Waals surface area contributed by atoms with Crippen LogP contribution in [0.4, 0.5) is 0 Å². The van der Waals surface area contributed by atoms with Gasteiger partial charge in [0, 0.05) is 19.3 Å². The molecule has 0 heterocycles. The summed E-state index contributed by atoms with van der Waals surface area (Å²) >= 11 is 0. The smallest absolute Gasteiger partial charge is 0.463 e. The van der Waals surface area contributed by atoms with Gasteiger partial charge in [-0.2, -0.15) is 0 Å². The summed E-state index contributed by atoms with van der Waals surface area (Å²) in [6.45, 7) is 2.44. The number of hydrogen-bond acceptors (Lipinski definition) is 14. The summed E-state index contributed by atoms with van der Waals surface area (Å²) in [7, 11) is -9.81. The second kappa shape index (κ2) is 75.4. The number of aliphatic hydroxyl groups is 2. The fraction of sp³-hybridized carbons (Fsp3) is 0.699. The van der Waals surface area contributed by atoms with E-state index in [9.17, 15) is 43.5 Å². The van der Waals surface area contributed by atoms with Crippen LogP contribution in [0.1, 0.15) is 316 Å². The van der Waals surface area contributed by atoms with Crippen LogP contribution in [0, 0.1) is 0 Å². The van der Waals surface area contributed by atoms with Crippen molar-refractivity contribution < 1.29 is 75.8 Å². The SMILES string of the molecule is CC/C=C\C/C=C\C/C=C\C/C=C\C/C=C\C/C=C\CCC(=O)OCC(COP(=O)(O)OCC(O)COP(=O)(O)OCC(O)COC(=O)CCCCCCCCCCCCCCCCC/C=C\C/C=C\C/C=C\C/C=C\CCCCC)OC(=O)CCCCCCC/C=C\CCCCCCCC. The van der Waals surface area contributed by atoms with E-state index in [4.69, 9.17) is 32.3 Å². The number of rotatable bonds is 74. The van der Waals surface area contributed by atoms with Gasteiger partial charge in [0.25, 0.3) is 0 Å². The highest BCUT2D eigenvalue weighted by Crippen LogP contribution is 2.45. The van der Waals surface area contributed by atoms with Crippen molar-refractivity contribution >= 4 is 33.6 Å². The molecular weight excluding hydrogens is 1310 g/mol. The lowest BCUT2D eigenvalue weighted by Gasteiger charge is -2.21. The van der Waals surface area contributed by atoms with E-state index in [0.29, 0.717) is 25.7 Å². The predicted molar refractivity (Wildman–Crippen MR) is 417 cm³/mol. The molecule has 0 fully saturated rings. The van der Waals surface area contributed by atoms with E-state index in [1.54, 1.807) is 0 Å². The molecule has 0 aromatic heterocycles. The number of carbonyl (C=O) groups is 3. The highest BCUT2D eigenvalue weighted by atomic mass is 31.2. The first-order valence-corrected chi connectivity index (χ1v) is 42.5. The fourth-order valence-corrected chi connectivity index (χ4v) is 11.9. The number of esters is 3. The summed E-state index contributed by atoms with van der Waals surface area (Å²) in [4.78, 5) is 58.5. The standard InChI is InChI=1S/C83H142O16P2/c1-4-7-10-13-16-19-22-25-28-30-32-33-34-35-36-37-38-39-40-41-42-43-45-47-49-51-54-57-60-63-66-69-81(86)93-72-78(84)73-95-100(89,90)96-74-79(85)75-97-101(91,92)98-77-80(99-83(88)71-68-65-62-59-56-53-48-27-24-21-18-15-12-9-6-3)76-94-82(87)70-67-64-61-58-55-52-50-46-44-31-29-26-23-20-17-14-11-8-5-2/h8,11,16-17,19-20,25-29,32-33,35-36,44,46,48,52,55,61,64,78-80,84-85H,4-7,9-10,12-15,18,21-24,30-31,34,37-43,45,47,49-51,53-54,56-60,62-63,65-77H2,1-3H3,(H,89,90)(H,91,92)/b11-8-,19-16-,20-17-,28-25-,29-26-,33-32-,36-35-,46-44-,48-27-,55-52-,64-61-. The molecule has 580 valence electrons. The summed E-state index contributed by atoms with van der Waals surface area (Å²) < 4.78 is 61.0. The van der Waals surface area contributed by atoms with E-state index < -0.39 is 91.5 Å². The zero-order chi connectivity index (χ0) is 73.7.